The van der Waals surface area contributed by atoms with Gasteiger partial charge in [-0.25, -0.2) is 0 Å². The lowest BCUT2D eigenvalue weighted by atomic mass is 10.0. The van der Waals surface area contributed by atoms with Crippen molar-refractivity contribution in [1.82, 2.24) is 10.1 Å². The number of hydrogen-bond acceptors (Lipinski definition) is 5. The van der Waals surface area contributed by atoms with Crippen molar-refractivity contribution in [1.29, 1.82) is 0 Å². The molecule has 4 rings (SSSR count). The van der Waals surface area contributed by atoms with E-state index in [4.69, 9.17) is 4.52 Å². The molecule has 0 bridgehead atoms. The highest BCUT2D eigenvalue weighted by Gasteiger charge is 2.14. The van der Waals surface area contributed by atoms with E-state index in [0.29, 0.717) is 17.3 Å². The molecule has 1 aromatic heterocycles. The second kappa shape index (κ2) is 5.58. The third kappa shape index (κ3) is 2.40. The van der Waals surface area contributed by atoms with E-state index in [0.717, 1.165) is 16.3 Å². The van der Waals surface area contributed by atoms with Gasteiger partial charge in [-0.1, -0.05) is 41.6 Å². The molecule has 1 heterocycles. The first-order valence-electron chi connectivity index (χ1n) is 7.29. The Morgan fingerprint density at radius 2 is 1.67 bits per heavy atom. The van der Waals surface area contributed by atoms with Crippen LogP contribution in [0.1, 0.15) is 0 Å². The Bertz CT molecular complexity index is 1030. The van der Waals surface area contributed by atoms with E-state index in [2.05, 4.69) is 10.1 Å². The van der Waals surface area contributed by atoms with Crippen LogP contribution >= 0.6 is 0 Å². The van der Waals surface area contributed by atoms with Crippen LogP contribution in [0.15, 0.2) is 71.3 Å². The molecule has 0 fully saturated rings. The van der Waals surface area contributed by atoms with Gasteiger partial charge < -0.3 is 4.52 Å². The minimum atomic E-state index is -0.443. The van der Waals surface area contributed by atoms with Gasteiger partial charge in [-0.15, -0.1) is 0 Å². The molecular formula is C18H11N3O3. The lowest BCUT2D eigenvalue weighted by Crippen LogP contribution is -1.88. The van der Waals surface area contributed by atoms with Crippen LogP contribution in [0, 0.1) is 10.1 Å². The molecule has 4 aromatic rings. The lowest BCUT2D eigenvalue weighted by molar-refractivity contribution is -0.384. The number of fused-ring (bicyclic) bond motifs is 1. The van der Waals surface area contributed by atoms with Crippen LogP contribution in [0.3, 0.4) is 0 Å². The quantitative estimate of drug-likeness (QED) is 0.411. The molecule has 116 valence electrons. The van der Waals surface area contributed by atoms with Gasteiger partial charge in [-0.3, -0.25) is 10.1 Å². The number of nitro groups is 1. The molecule has 0 saturated carbocycles. The summed E-state index contributed by atoms with van der Waals surface area (Å²) in [6.07, 6.45) is 0. The Balaban J connectivity index is 1.75. The van der Waals surface area contributed by atoms with Crippen molar-refractivity contribution in [3.63, 3.8) is 0 Å². The lowest BCUT2D eigenvalue weighted by Gasteiger charge is -2.01. The largest absolute Gasteiger partial charge is 0.334 e. The van der Waals surface area contributed by atoms with E-state index < -0.39 is 4.92 Å². The van der Waals surface area contributed by atoms with E-state index in [1.807, 2.05) is 42.5 Å². The van der Waals surface area contributed by atoms with Gasteiger partial charge in [0.05, 0.1) is 4.92 Å². The number of nitrogens with zero attached hydrogens (tertiary/aromatic N) is 3. The van der Waals surface area contributed by atoms with Crippen molar-refractivity contribution >= 4 is 16.5 Å². The zero-order valence-electron chi connectivity index (χ0n) is 12.4. The van der Waals surface area contributed by atoms with Crippen molar-refractivity contribution < 1.29 is 9.45 Å². The predicted octanol–water partition coefficient (Wildman–Crippen LogP) is 4.47. The number of aromatic nitrogens is 2. The minimum absolute atomic E-state index is 0.0246. The average molecular weight is 317 g/mol. The van der Waals surface area contributed by atoms with Gasteiger partial charge in [0.2, 0.25) is 5.82 Å². The average Bonchev–Trinajstić information content (AvgIpc) is 3.11. The summed E-state index contributed by atoms with van der Waals surface area (Å²) in [6, 6.07) is 19.9. The Hall–Kier alpha value is -3.54. The third-order valence-corrected chi connectivity index (χ3v) is 3.78. The number of non-ortho nitro benzene ring substituents is 1. The fourth-order valence-electron chi connectivity index (χ4n) is 2.59. The van der Waals surface area contributed by atoms with Crippen LogP contribution in [0.25, 0.3) is 33.6 Å². The van der Waals surface area contributed by atoms with Gasteiger partial charge in [0.25, 0.3) is 11.6 Å². The van der Waals surface area contributed by atoms with Crippen molar-refractivity contribution in [2.45, 2.75) is 0 Å². The van der Waals surface area contributed by atoms with Crippen LogP contribution in [-0.4, -0.2) is 15.1 Å². The van der Waals surface area contributed by atoms with Crippen molar-refractivity contribution in [2.24, 2.45) is 0 Å². The predicted molar refractivity (Wildman–Crippen MR) is 89.3 cm³/mol. The maximum Gasteiger partial charge on any atom is 0.269 e. The zero-order chi connectivity index (χ0) is 16.5. The summed E-state index contributed by atoms with van der Waals surface area (Å²) in [7, 11) is 0. The van der Waals surface area contributed by atoms with Crippen LogP contribution < -0.4 is 0 Å². The van der Waals surface area contributed by atoms with Crippen molar-refractivity contribution in [3.8, 4) is 22.8 Å². The molecule has 3 aromatic carbocycles. The molecule has 0 N–H and O–H groups in total. The first kappa shape index (κ1) is 14.1. The molecule has 0 radical (unpaired) electrons. The summed E-state index contributed by atoms with van der Waals surface area (Å²) in [5.41, 5.74) is 1.54. The molecule has 0 saturated heterocycles. The van der Waals surface area contributed by atoms with Crippen molar-refractivity contribution in [2.75, 3.05) is 0 Å². The Labute approximate surface area is 136 Å². The first-order chi connectivity index (χ1) is 11.7. The van der Waals surface area contributed by atoms with Gasteiger partial charge in [-0.2, -0.15) is 4.98 Å². The topological polar surface area (TPSA) is 82.1 Å². The Morgan fingerprint density at radius 1 is 0.917 bits per heavy atom. The van der Waals surface area contributed by atoms with Crippen LogP contribution in [0.5, 0.6) is 0 Å². The number of rotatable bonds is 3. The zero-order valence-corrected chi connectivity index (χ0v) is 12.4. The fraction of sp³-hybridized carbons (Fsp3) is 0. The molecule has 0 aliphatic heterocycles. The monoisotopic (exact) mass is 317 g/mol. The smallest absolute Gasteiger partial charge is 0.269 e. The maximum absolute atomic E-state index is 10.7. The molecule has 0 amide bonds. The summed E-state index contributed by atoms with van der Waals surface area (Å²) >= 11 is 0. The van der Waals surface area contributed by atoms with Crippen LogP contribution in [0.2, 0.25) is 0 Å². The highest BCUT2D eigenvalue weighted by Crippen LogP contribution is 2.29. The van der Waals surface area contributed by atoms with Gasteiger partial charge in [-0.05, 0) is 29.0 Å². The van der Waals surface area contributed by atoms with E-state index >= 15 is 0 Å². The normalized spacial score (nSPS) is 10.8. The van der Waals surface area contributed by atoms with Crippen LogP contribution in [0.4, 0.5) is 5.69 Å². The molecule has 0 unspecified atom stereocenters. The first-order valence-corrected chi connectivity index (χ1v) is 7.29. The Morgan fingerprint density at radius 3 is 2.46 bits per heavy atom. The summed E-state index contributed by atoms with van der Waals surface area (Å²) in [5, 5.41) is 16.8. The summed E-state index contributed by atoms with van der Waals surface area (Å²) in [6.45, 7) is 0. The Kier molecular flexibility index (Phi) is 3.28. The minimum Gasteiger partial charge on any atom is -0.334 e. The molecule has 0 aliphatic carbocycles. The number of benzene rings is 3. The van der Waals surface area contributed by atoms with E-state index in [-0.39, 0.29) is 5.69 Å². The summed E-state index contributed by atoms with van der Waals surface area (Å²) in [5.74, 6) is 0.813. The van der Waals surface area contributed by atoms with E-state index in [1.54, 1.807) is 12.1 Å². The third-order valence-electron chi connectivity index (χ3n) is 3.78. The highest BCUT2D eigenvalue weighted by molar-refractivity contribution is 5.94. The van der Waals surface area contributed by atoms with Gasteiger partial charge in [0.15, 0.2) is 0 Å². The van der Waals surface area contributed by atoms with E-state index in [1.165, 1.54) is 12.1 Å². The van der Waals surface area contributed by atoms with Crippen LogP contribution in [-0.2, 0) is 0 Å². The number of hydrogen-bond donors (Lipinski definition) is 0. The van der Waals surface area contributed by atoms with E-state index in [9.17, 15) is 10.1 Å². The maximum atomic E-state index is 10.7. The standard InChI is InChI=1S/C18H11N3O3/c22-21(23)14-10-8-13(9-11-14)17-19-18(24-20-17)16-7-3-5-12-4-1-2-6-15(12)16/h1-11H. The second-order valence-electron chi connectivity index (χ2n) is 5.25. The molecule has 0 atom stereocenters. The SMILES string of the molecule is O=[N+]([O-])c1ccc(-c2noc(-c3cccc4ccccc34)n2)cc1. The molecule has 0 spiro atoms. The van der Waals surface area contributed by atoms with Crippen molar-refractivity contribution in [3.05, 3.63) is 76.8 Å². The highest BCUT2D eigenvalue weighted by atomic mass is 16.6. The molecule has 6 nitrogen and oxygen atoms in total. The van der Waals surface area contributed by atoms with Gasteiger partial charge in [0, 0.05) is 23.3 Å². The fourth-order valence-corrected chi connectivity index (χ4v) is 2.59. The number of nitro benzene ring substituents is 1. The van der Waals surface area contributed by atoms with Gasteiger partial charge in [0.1, 0.15) is 0 Å². The summed E-state index contributed by atoms with van der Waals surface area (Å²) in [4.78, 5) is 14.7. The molecule has 6 heteroatoms. The second-order valence-corrected chi connectivity index (χ2v) is 5.25. The molecule has 24 heavy (non-hydrogen) atoms. The molecule has 0 aliphatic rings. The summed E-state index contributed by atoms with van der Waals surface area (Å²) < 4.78 is 5.40. The van der Waals surface area contributed by atoms with Gasteiger partial charge >= 0.3 is 0 Å². The molecular weight excluding hydrogens is 306 g/mol.